The molecule has 0 aliphatic heterocycles. The first-order chi connectivity index (χ1) is 9.48. The number of nitrogens with one attached hydrogen (secondary N) is 1. The average Bonchev–Trinajstić information content (AvgIpc) is 2.60. The molecule has 1 aliphatic carbocycles. The van der Waals surface area contributed by atoms with Gasteiger partial charge in [0.2, 0.25) is 0 Å². The Bertz CT molecular complexity index is 465. The minimum absolute atomic E-state index is 0.222. The molecule has 1 saturated carbocycles. The van der Waals surface area contributed by atoms with Crippen LogP contribution in [0.15, 0.2) is 22.7 Å². The van der Waals surface area contributed by atoms with Crippen molar-refractivity contribution >= 4 is 21.8 Å². The number of rotatable bonds is 3. The summed E-state index contributed by atoms with van der Waals surface area (Å²) < 4.78 is 13.8. The molecule has 5 heteroatoms. The number of benzene rings is 1. The second-order valence-corrected chi connectivity index (χ2v) is 6.40. The predicted octanol–water partition coefficient (Wildman–Crippen LogP) is 3.40. The summed E-state index contributed by atoms with van der Waals surface area (Å²) in [6.45, 7) is 0.222. The van der Waals surface area contributed by atoms with Crippen LogP contribution in [-0.4, -0.2) is 23.2 Å². The summed E-state index contributed by atoms with van der Waals surface area (Å²) in [5.41, 5.74) is -0.564. The second-order valence-electron chi connectivity index (χ2n) is 5.48. The largest absolute Gasteiger partial charge is 0.388 e. The van der Waals surface area contributed by atoms with Crippen molar-refractivity contribution in [1.82, 2.24) is 5.32 Å². The van der Waals surface area contributed by atoms with Gasteiger partial charge in [0.25, 0.3) is 5.91 Å². The van der Waals surface area contributed by atoms with Crippen molar-refractivity contribution in [3.63, 3.8) is 0 Å². The quantitative estimate of drug-likeness (QED) is 0.826. The Morgan fingerprint density at radius 1 is 1.25 bits per heavy atom. The van der Waals surface area contributed by atoms with Gasteiger partial charge in [0.15, 0.2) is 0 Å². The van der Waals surface area contributed by atoms with Crippen LogP contribution in [0.1, 0.15) is 48.9 Å². The van der Waals surface area contributed by atoms with Gasteiger partial charge in [-0.1, -0.05) is 41.6 Å². The van der Waals surface area contributed by atoms with Crippen molar-refractivity contribution in [2.45, 2.75) is 44.1 Å². The summed E-state index contributed by atoms with van der Waals surface area (Å²) in [6, 6.07) is 4.06. The van der Waals surface area contributed by atoms with E-state index >= 15 is 0 Å². The lowest BCUT2D eigenvalue weighted by molar-refractivity contribution is 0.0246. The molecule has 0 radical (unpaired) electrons. The fraction of sp³-hybridized carbons (Fsp3) is 0.533. The Hall–Kier alpha value is -0.940. The number of amides is 1. The van der Waals surface area contributed by atoms with Crippen LogP contribution in [0.4, 0.5) is 4.39 Å². The first kappa shape index (κ1) is 15.4. The van der Waals surface area contributed by atoms with Crippen molar-refractivity contribution in [3.8, 4) is 0 Å². The Morgan fingerprint density at radius 2 is 1.90 bits per heavy atom. The maximum absolute atomic E-state index is 13.3. The lowest BCUT2D eigenvalue weighted by Gasteiger charge is -2.26. The van der Waals surface area contributed by atoms with Crippen molar-refractivity contribution in [2.75, 3.05) is 6.54 Å². The van der Waals surface area contributed by atoms with E-state index in [9.17, 15) is 14.3 Å². The maximum atomic E-state index is 13.3. The van der Waals surface area contributed by atoms with Gasteiger partial charge in [-0.3, -0.25) is 4.79 Å². The Balaban J connectivity index is 1.97. The highest BCUT2D eigenvalue weighted by Gasteiger charge is 2.28. The van der Waals surface area contributed by atoms with Gasteiger partial charge < -0.3 is 10.4 Å². The van der Waals surface area contributed by atoms with Crippen LogP contribution < -0.4 is 5.32 Å². The van der Waals surface area contributed by atoms with E-state index in [-0.39, 0.29) is 18.0 Å². The molecular weight excluding hydrogens is 325 g/mol. The van der Waals surface area contributed by atoms with Gasteiger partial charge in [-0.15, -0.1) is 0 Å². The molecule has 3 nitrogen and oxygen atoms in total. The summed E-state index contributed by atoms with van der Waals surface area (Å²) in [5.74, 6) is -0.819. The molecule has 110 valence electrons. The summed E-state index contributed by atoms with van der Waals surface area (Å²) in [5, 5.41) is 13.2. The summed E-state index contributed by atoms with van der Waals surface area (Å²) in [6.07, 6.45) is 5.65. The number of carbonyl (C=O) groups excluding carboxylic acids is 1. The lowest BCUT2D eigenvalue weighted by Crippen LogP contribution is -2.42. The van der Waals surface area contributed by atoms with Gasteiger partial charge in [-0.2, -0.15) is 0 Å². The molecule has 2 N–H and O–H groups in total. The van der Waals surface area contributed by atoms with Crippen LogP contribution in [0.5, 0.6) is 0 Å². The third kappa shape index (κ3) is 4.28. The smallest absolute Gasteiger partial charge is 0.251 e. The molecule has 1 fully saturated rings. The molecule has 1 amide bonds. The van der Waals surface area contributed by atoms with E-state index in [2.05, 4.69) is 21.2 Å². The van der Waals surface area contributed by atoms with E-state index in [1.54, 1.807) is 6.07 Å². The van der Waals surface area contributed by atoms with E-state index in [4.69, 9.17) is 0 Å². The van der Waals surface area contributed by atoms with Gasteiger partial charge in [0.1, 0.15) is 5.82 Å². The second kappa shape index (κ2) is 6.68. The number of hydrogen-bond acceptors (Lipinski definition) is 2. The molecule has 0 heterocycles. The number of aliphatic hydroxyl groups is 1. The van der Waals surface area contributed by atoms with Gasteiger partial charge in [-0.05, 0) is 31.0 Å². The molecule has 0 atom stereocenters. The zero-order valence-corrected chi connectivity index (χ0v) is 12.9. The zero-order chi connectivity index (χ0) is 14.6. The summed E-state index contributed by atoms with van der Waals surface area (Å²) >= 11 is 3.16. The fourth-order valence-corrected chi connectivity index (χ4v) is 3.06. The van der Waals surface area contributed by atoms with E-state index in [0.717, 1.165) is 25.7 Å². The van der Waals surface area contributed by atoms with Gasteiger partial charge >= 0.3 is 0 Å². The molecule has 2 rings (SSSR count). The fourth-order valence-electron chi connectivity index (χ4n) is 2.60. The Kier molecular flexibility index (Phi) is 5.16. The van der Waals surface area contributed by atoms with Crippen LogP contribution in [0.2, 0.25) is 0 Å². The van der Waals surface area contributed by atoms with Gasteiger partial charge in [0, 0.05) is 16.6 Å². The van der Waals surface area contributed by atoms with E-state index in [1.165, 1.54) is 12.1 Å². The molecule has 0 aromatic heterocycles. The molecule has 0 spiro atoms. The van der Waals surface area contributed by atoms with Crippen molar-refractivity contribution in [1.29, 1.82) is 0 Å². The lowest BCUT2D eigenvalue weighted by atomic mass is 9.94. The van der Waals surface area contributed by atoms with Gasteiger partial charge in [0.05, 0.1) is 5.60 Å². The highest BCUT2D eigenvalue weighted by atomic mass is 79.9. The van der Waals surface area contributed by atoms with Crippen molar-refractivity contribution in [3.05, 3.63) is 34.1 Å². The van der Waals surface area contributed by atoms with Gasteiger partial charge in [-0.25, -0.2) is 4.39 Å². The normalized spacial score (nSPS) is 18.4. The Labute approximate surface area is 126 Å². The molecular formula is C15H19BrFNO2. The molecule has 20 heavy (non-hydrogen) atoms. The Morgan fingerprint density at radius 3 is 2.50 bits per heavy atom. The minimum atomic E-state index is -0.823. The first-order valence-corrected chi connectivity index (χ1v) is 7.74. The minimum Gasteiger partial charge on any atom is -0.388 e. The monoisotopic (exact) mass is 343 g/mol. The topological polar surface area (TPSA) is 49.3 Å². The zero-order valence-electron chi connectivity index (χ0n) is 11.3. The molecule has 0 unspecified atom stereocenters. The third-order valence-electron chi connectivity index (χ3n) is 3.74. The predicted molar refractivity (Wildman–Crippen MR) is 79.1 cm³/mol. The molecule has 0 bridgehead atoms. The summed E-state index contributed by atoms with van der Waals surface area (Å²) in [7, 11) is 0. The maximum Gasteiger partial charge on any atom is 0.251 e. The highest BCUT2D eigenvalue weighted by molar-refractivity contribution is 9.10. The van der Waals surface area contributed by atoms with E-state index in [1.807, 2.05) is 0 Å². The van der Waals surface area contributed by atoms with Crippen LogP contribution in [0.25, 0.3) is 0 Å². The number of hydrogen-bond donors (Lipinski definition) is 2. The molecule has 1 aromatic carbocycles. The summed E-state index contributed by atoms with van der Waals surface area (Å²) in [4.78, 5) is 12.0. The standard InChI is InChI=1S/C15H19BrFNO2/c16-12-7-11(8-13(17)9-12)14(19)18-10-15(20)5-3-1-2-4-6-15/h7-9,20H,1-6,10H2,(H,18,19). The van der Waals surface area contributed by atoms with E-state index in [0.29, 0.717) is 17.3 Å². The average molecular weight is 344 g/mol. The molecule has 1 aromatic rings. The van der Waals surface area contributed by atoms with Crippen LogP contribution in [0.3, 0.4) is 0 Å². The van der Waals surface area contributed by atoms with Crippen molar-refractivity contribution in [2.24, 2.45) is 0 Å². The molecule has 1 aliphatic rings. The van der Waals surface area contributed by atoms with Crippen molar-refractivity contribution < 1.29 is 14.3 Å². The third-order valence-corrected chi connectivity index (χ3v) is 4.19. The number of halogens is 2. The SMILES string of the molecule is O=C(NCC1(O)CCCCCC1)c1cc(F)cc(Br)c1. The molecule has 0 saturated heterocycles. The van der Waals surface area contributed by atoms with Crippen LogP contribution >= 0.6 is 15.9 Å². The van der Waals surface area contributed by atoms with Crippen LogP contribution in [-0.2, 0) is 0 Å². The first-order valence-electron chi connectivity index (χ1n) is 6.95. The highest BCUT2D eigenvalue weighted by Crippen LogP contribution is 2.26. The van der Waals surface area contributed by atoms with Crippen LogP contribution in [0, 0.1) is 5.82 Å². The number of carbonyl (C=O) groups is 1. The van der Waals surface area contributed by atoms with E-state index < -0.39 is 11.4 Å².